The van der Waals surface area contributed by atoms with E-state index in [0.29, 0.717) is 30.2 Å². The molecule has 0 aliphatic carbocycles. The normalized spacial score (nSPS) is 12.7. The van der Waals surface area contributed by atoms with Gasteiger partial charge in [0.25, 0.3) is 5.91 Å². The first kappa shape index (κ1) is 19.5. The van der Waals surface area contributed by atoms with Crippen molar-refractivity contribution in [1.82, 2.24) is 0 Å². The standard InChI is InChI=1S/C25H21NO4/c1-2-29-24(27)16-15-18-11-13-19(14-12-18)17-26-21-8-4-6-10-23(21)30-22-9-5-3-7-20(22)25(26)28/h3-16H,2,17H2,1H3/b16-15+. The summed E-state index contributed by atoms with van der Waals surface area (Å²) in [5, 5.41) is 0. The number of carbonyl (C=O) groups excluding carboxylic acids is 2. The number of hydrogen-bond acceptors (Lipinski definition) is 4. The van der Waals surface area contributed by atoms with Crippen molar-refractivity contribution in [2.45, 2.75) is 13.5 Å². The largest absolute Gasteiger partial charge is 0.463 e. The molecule has 0 bridgehead atoms. The Hall–Kier alpha value is -3.86. The molecule has 0 aromatic heterocycles. The van der Waals surface area contributed by atoms with Gasteiger partial charge < -0.3 is 14.4 Å². The van der Waals surface area contributed by atoms with E-state index >= 15 is 0 Å². The maximum atomic E-state index is 13.3. The van der Waals surface area contributed by atoms with Gasteiger partial charge in [-0.3, -0.25) is 4.79 Å². The number of nitrogens with zero attached hydrogens (tertiary/aromatic N) is 1. The number of hydrogen-bond donors (Lipinski definition) is 0. The van der Waals surface area contributed by atoms with Crippen LogP contribution in [-0.4, -0.2) is 18.5 Å². The molecular weight excluding hydrogens is 378 g/mol. The monoisotopic (exact) mass is 399 g/mol. The van der Waals surface area contributed by atoms with Crippen LogP contribution >= 0.6 is 0 Å². The number of benzene rings is 3. The van der Waals surface area contributed by atoms with Gasteiger partial charge in [-0.15, -0.1) is 0 Å². The van der Waals surface area contributed by atoms with Gasteiger partial charge in [-0.05, 0) is 48.4 Å². The van der Waals surface area contributed by atoms with Crippen LogP contribution in [0.3, 0.4) is 0 Å². The minimum absolute atomic E-state index is 0.109. The van der Waals surface area contributed by atoms with Crippen molar-refractivity contribution in [3.05, 3.63) is 95.6 Å². The number of carbonyl (C=O) groups is 2. The fourth-order valence-electron chi connectivity index (χ4n) is 3.30. The fourth-order valence-corrected chi connectivity index (χ4v) is 3.30. The van der Waals surface area contributed by atoms with Crippen LogP contribution in [0.2, 0.25) is 0 Å². The lowest BCUT2D eigenvalue weighted by molar-refractivity contribution is -0.137. The van der Waals surface area contributed by atoms with Crippen molar-refractivity contribution in [3.63, 3.8) is 0 Å². The highest BCUT2D eigenvalue weighted by Gasteiger charge is 2.27. The Morgan fingerprint density at radius 1 is 0.967 bits per heavy atom. The molecule has 3 aromatic rings. The molecule has 1 aliphatic rings. The highest BCUT2D eigenvalue weighted by Crippen LogP contribution is 2.39. The Morgan fingerprint density at radius 2 is 1.67 bits per heavy atom. The third kappa shape index (κ3) is 4.10. The molecule has 0 N–H and O–H groups in total. The van der Waals surface area contributed by atoms with E-state index in [9.17, 15) is 9.59 Å². The first-order chi connectivity index (χ1) is 14.7. The topological polar surface area (TPSA) is 55.8 Å². The molecule has 5 heteroatoms. The minimum Gasteiger partial charge on any atom is -0.463 e. The Balaban J connectivity index is 1.60. The van der Waals surface area contributed by atoms with E-state index < -0.39 is 0 Å². The zero-order chi connectivity index (χ0) is 20.9. The molecule has 5 nitrogen and oxygen atoms in total. The van der Waals surface area contributed by atoms with Crippen LogP contribution in [0.4, 0.5) is 5.69 Å². The highest BCUT2D eigenvalue weighted by molar-refractivity contribution is 6.09. The van der Waals surface area contributed by atoms with Crippen LogP contribution in [0.1, 0.15) is 28.4 Å². The van der Waals surface area contributed by atoms with Crippen molar-refractivity contribution < 1.29 is 19.1 Å². The number of amides is 1. The molecule has 0 radical (unpaired) electrons. The maximum absolute atomic E-state index is 13.3. The van der Waals surface area contributed by atoms with Gasteiger partial charge in [0.15, 0.2) is 5.75 Å². The average molecular weight is 399 g/mol. The summed E-state index contributed by atoms with van der Waals surface area (Å²) in [5.74, 6) is 0.718. The predicted molar refractivity (Wildman–Crippen MR) is 116 cm³/mol. The molecule has 0 fully saturated rings. The molecule has 0 spiro atoms. The van der Waals surface area contributed by atoms with Crippen molar-refractivity contribution >= 4 is 23.6 Å². The molecule has 150 valence electrons. The average Bonchev–Trinajstić information content (AvgIpc) is 2.88. The third-order valence-corrected chi connectivity index (χ3v) is 4.76. The highest BCUT2D eigenvalue weighted by atomic mass is 16.5. The van der Waals surface area contributed by atoms with Crippen molar-refractivity contribution in [3.8, 4) is 11.5 Å². The van der Waals surface area contributed by atoms with Gasteiger partial charge in [0.1, 0.15) is 5.75 Å². The third-order valence-electron chi connectivity index (χ3n) is 4.76. The number of rotatable bonds is 5. The van der Waals surface area contributed by atoms with Crippen molar-refractivity contribution in [2.75, 3.05) is 11.5 Å². The quantitative estimate of drug-likeness (QED) is 0.436. The molecule has 3 aromatic carbocycles. The molecule has 1 heterocycles. The summed E-state index contributed by atoms with van der Waals surface area (Å²) >= 11 is 0. The summed E-state index contributed by atoms with van der Waals surface area (Å²) in [5.41, 5.74) is 3.10. The van der Waals surface area contributed by atoms with E-state index in [2.05, 4.69) is 0 Å². The van der Waals surface area contributed by atoms with E-state index in [0.717, 1.165) is 16.8 Å². The van der Waals surface area contributed by atoms with Gasteiger partial charge in [-0.25, -0.2) is 4.79 Å². The Morgan fingerprint density at radius 3 is 2.43 bits per heavy atom. The summed E-state index contributed by atoms with van der Waals surface area (Å²) in [6.45, 7) is 2.52. The lowest BCUT2D eigenvalue weighted by Gasteiger charge is -2.22. The van der Waals surface area contributed by atoms with E-state index in [4.69, 9.17) is 9.47 Å². The van der Waals surface area contributed by atoms with E-state index in [1.54, 1.807) is 30.0 Å². The number of ether oxygens (including phenoxy) is 2. The Kier molecular flexibility index (Phi) is 5.61. The summed E-state index contributed by atoms with van der Waals surface area (Å²) in [6.07, 6.45) is 3.11. The Labute approximate surface area is 175 Å². The van der Waals surface area contributed by atoms with E-state index in [1.807, 2.05) is 60.7 Å². The molecule has 0 saturated heterocycles. The van der Waals surface area contributed by atoms with Crippen LogP contribution in [0.15, 0.2) is 78.9 Å². The molecule has 1 amide bonds. The summed E-state index contributed by atoms with van der Waals surface area (Å²) in [4.78, 5) is 26.5. The van der Waals surface area contributed by atoms with Gasteiger partial charge >= 0.3 is 5.97 Å². The van der Waals surface area contributed by atoms with Gasteiger partial charge in [-0.1, -0.05) is 48.5 Å². The molecule has 4 rings (SSSR count). The summed E-state index contributed by atoms with van der Waals surface area (Å²) in [7, 11) is 0. The Bertz CT molecular complexity index is 1100. The lowest BCUT2D eigenvalue weighted by Crippen LogP contribution is -2.29. The van der Waals surface area contributed by atoms with Gasteiger partial charge in [0, 0.05) is 6.08 Å². The molecule has 0 saturated carbocycles. The maximum Gasteiger partial charge on any atom is 0.330 e. The zero-order valence-corrected chi connectivity index (χ0v) is 16.6. The van der Waals surface area contributed by atoms with Crippen LogP contribution in [0.25, 0.3) is 6.08 Å². The van der Waals surface area contributed by atoms with Gasteiger partial charge in [0.2, 0.25) is 0 Å². The van der Waals surface area contributed by atoms with Crippen LogP contribution in [0, 0.1) is 0 Å². The van der Waals surface area contributed by atoms with Gasteiger partial charge in [-0.2, -0.15) is 0 Å². The van der Waals surface area contributed by atoms with Crippen LogP contribution in [-0.2, 0) is 16.1 Å². The summed E-state index contributed by atoms with van der Waals surface area (Å²) < 4.78 is 10.9. The first-order valence-corrected chi connectivity index (χ1v) is 9.77. The SMILES string of the molecule is CCOC(=O)/C=C/c1ccc(CN2C(=O)c3ccccc3Oc3ccccc32)cc1. The van der Waals surface area contributed by atoms with Crippen LogP contribution < -0.4 is 9.64 Å². The smallest absolute Gasteiger partial charge is 0.330 e. The molecule has 1 aliphatic heterocycles. The molecular formula is C25H21NO4. The van der Waals surface area contributed by atoms with E-state index in [1.165, 1.54) is 6.08 Å². The fraction of sp³-hybridized carbons (Fsp3) is 0.120. The second kappa shape index (κ2) is 8.66. The first-order valence-electron chi connectivity index (χ1n) is 9.77. The second-order valence-electron chi connectivity index (χ2n) is 6.78. The van der Waals surface area contributed by atoms with Crippen molar-refractivity contribution in [2.24, 2.45) is 0 Å². The molecule has 0 atom stereocenters. The molecule has 0 unspecified atom stereocenters. The zero-order valence-electron chi connectivity index (χ0n) is 16.6. The van der Waals surface area contributed by atoms with Crippen LogP contribution in [0.5, 0.6) is 11.5 Å². The van der Waals surface area contributed by atoms with E-state index in [-0.39, 0.29) is 11.9 Å². The number of para-hydroxylation sites is 3. The number of anilines is 1. The number of fused-ring (bicyclic) bond motifs is 2. The second-order valence-corrected chi connectivity index (χ2v) is 6.78. The number of esters is 1. The summed E-state index contributed by atoms with van der Waals surface area (Å²) in [6, 6.07) is 22.5. The predicted octanol–water partition coefficient (Wildman–Crippen LogP) is 5.22. The van der Waals surface area contributed by atoms with Gasteiger partial charge in [0.05, 0.1) is 24.4 Å². The minimum atomic E-state index is -0.369. The molecule has 30 heavy (non-hydrogen) atoms. The van der Waals surface area contributed by atoms with Crippen molar-refractivity contribution in [1.29, 1.82) is 0 Å². The lowest BCUT2D eigenvalue weighted by atomic mass is 10.1.